The van der Waals surface area contributed by atoms with Crippen molar-refractivity contribution in [2.45, 2.75) is 25.8 Å². The van der Waals surface area contributed by atoms with Gasteiger partial charge in [-0.1, -0.05) is 68.4 Å². The average Bonchev–Trinajstić information content (AvgIpc) is 2.72. The molecule has 0 saturated carbocycles. The molecule has 0 aromatic heterocycles. The molecule has 3 nitrogen and oxygen atoms in total. The van der Waals surface area contributed by atoms with Crippen molar-refractivity contribution in [3.63, 3.8) is 0 Å². The first-order valence-corrected chi connectivity index (χ1v) is 9.30. The maximum Gasteiger partial charge on any atom is 0.122 e. The summed E-state index contributed by atoms with van der Waals surface area (Å²) in [6.07, 6.45) is 0. The van der Waals surface area contributed by atoms with Crippen LogP contribution in [0.5, 0.6) is 11.5 Å². The van der Waals surface area contributed by atoms with Crippen LogP contribution in [0.1, 0.15) is 30.5 Å². The van der Waals surface area contributed by atoms with E-state index in [0.717, 1.165) is 17.1 Å². The number of ether oxygens (including phenoxy) is 2. The minimum absolute atomic E-state index is 0.0431. The van der Waals surface area contributed by atoms with Crippen LogP contribution < -0.4 is 15.2 Å². The van der Waals surface area contributed by atoms with Crippen LogP contribution in [-0.4, -0.2) is 13.2 Å². The highest BCUT2D eigenvalue weighted by atomic mass is 16.5. The summed E-state index contributed by atoms with van der Waals surface area (Å²) in [5, 5.41) is 0. The summed E-state index contributed by atoms with van der Waals surface area (Å²) in [4.78, 5) is 0. The molecule has 3 heteroatoms. The smallest absolute Gasteiger partial charge is 0.122 e. The first-order chi connectivity index (χ1) is 13.1. The predicted octanol–water partition coefficient (Wildman–Crippen LogP) is 4.93. The Balaban J connectivity index is 1.51. The lowest BCUT2D eigenvalue weighted by Gasteiger charge is -2.26. The van der Waals surface area contributed by atoms with E-state index in [2.05, 4.69) is 50.2 Å². The van der Waals surface area contributed by atoms with Gasteiger partial charge in [-0.15, -0.1) is 0 Å². The van der Waals surface area contributed by atoms with Crippen molar-refractivity contribution in [3.05, 3.63) is 95.6 Å². The van der Waals surface area contributed by atoms with Crippen molar-refractivity contribution in [2.24, 2.45) is 5.73 Å². The molecule has 140 valence electrons. The Morgan fingerprint density at radius 3 is 1.67 bits per heavy atom. The van der Waals surface area contributed by atoms with Gasteiger partial charge in [-0.3, -0.25) is 0 Å². The van der Waals surface area contributed by atoms with Crippen LogP contribution in [0.25, 0.3) is 0 Å². The van der Waals surface area contributed by atoms with Gasteiger partial charge in [0.2, 0.25) is 0 Å². The third-order valence-corrected chi connectivity index (χ3v) is 4.85. The monoisotopic (exact) mass is 361 g/mol. The van der Waals surface area contributed by atoms with E-state index in [1.807, 2.05) is 42.5 Å². The Morgan fingerprint density at radius 2 is 1.15 bits per heavy atom. The lowest BCUT2D eigenvalue weighted by Crippen LogP contribution is -2.18. The quantitative estimate of drug-likeness (QED) is 0.579. The first kappa shape index (κ1) is 19.0. The fourth-order valence-corrected chi connectivity index (χ4v) is 3.03. The standard InChI is InChI=1S/C24H27NO2/c1-24(2,20-6-4-3-5-7-20)21-10-14-23(15-11-21)27-17-16-26-22-12-8-19(18-25)9-13-22/h3-15H,16-18,25H2,1-2H3. The van der Waals surface area contributed by atoms with Crippen molar-refractivity contribution >= 4 is 0 Å². The molecule has 3 aromatic rings. The Kier molecular flexibility index (Phi) is 6.15. The van der Waals surface area contributed by atoms with Gasteiger partial charge in [0, 0.05) is 12.0 Å². The van der Waals surface area contributed by atoms with Crippen molar-refractivity contribution in [1.29, 1.82) is 0 Å². The number of rotatable bonds is 8. The van der Waals surface area contributed by atoms with Crippen molar-refractivity contribution in [3.8, 4) is 11.5 Å². The van der Waals surface area contributed by atoms with Gasteiger partial charge < -0.3 is 15.2 Å². The second-order valence-corrected chi connectivity index (χ2v) is 7.06. The van der Waals surface area contributed by atoms with Gasteiger partial charge in [0.25, 0.3) is 0 Å². The molecule has 0 fully saturated rings. The van der Waals surface area contributed by atoms with Gasteiger partial charge in [-0.2, -0.15) is 0 Å². The van der Waals surface area contributed by atoms with Crippen molar-refractivity contribution in [1.82, 2.24) is 0 Å². The Morgan fingerprint density at radius 1 is 0.667 bits per heavy atom. The molecule has 0 aliphatic carbocycles. The minimum Gasteiger partial charge on any atom is -0.490 e. The number of benzene rings is 3. The molecule has 3 rings (SSSR count). The molecule has 0 aliphatic rings. The fourth-order valence-electron chi connectivity index (χ4n) is 3.03. The summed E-state index contributed by atoms with van der Waals surface area (Å²) < 4.78 is 11.5. The van der Waals surface area contributed by atoms with E-state index in [0.29, 0.717) is 19.8 Å². The molecule has 0 amide bonds. The van der Waals surface area contributed by atoms with Crippen molar-refractivity contribution in [2.75, 3.05) is 13.2 Å². The highest BCUT2D eigenvalue weighted by Crippen LogP contribution is 2.32. The lowest BCUT2D eigenvalue weighted by atomic mass is 9.78. The molecule has 0 aliphatic heterocycles. The van der Waals surface area contributed by atoms with Crippen LogP contribution in [0.2, 0.25) is 0 Å². The summed E-state index contributed by atoms with van der Waals surface area (Å²) in [6.45, 7) is 6.02. The van der Waals surface area contributed by atoms with Gasteiger partial charge in [-0.05, 0) is 41.0 Å². The van der Waals surface area contributed by atoms with Gasteiger partial charge in [0.05, 0.1) is 0 Å². The minimum atomic E-state index is -0.0431. The van der Waals surface area contributed by atoms with Gasteiger partial charge in [0.1, 0.15) is 24.7 Å². The summed E-state index contributed by atoms with van der Waals surface area (Å²) in [5.41, 5.74) is 9.21. The third-order valence-electron chi connectivity index (χ3n) is 4.85. The maximum absolute atomic E-state index is 5.80. The molecule has 0 unspecified atom stereocenters. The van der Waals surface area contributed by atoms with E-state index >= 15 is 0 Å². The maximum atomic E-state index is 5.80. The number of hydrogen-bond acceptors (Lipinski definition) is 3. The molecule has 0 spiro atoms. The van der Waals surface area contributed by atoms with Crippen LogP contribution in [-0.2, 0) is 12.0 Å². The molecular formula is C24H27NO2. The summed E-state index contributed by atoms with van der Waals surface area (Å²) in [6, 6.07) is 26.7. The zero-order valence-corrected chi connectivity index (χ0v) is 16.0. The van der Waals surface area contributed by atoms with E-state index in [4.69, 9.17) is 15.2 Å². The first-order valence-electron chi connectivity index (χ1n) is 9.30. The molecule has 0 saturated heterocycles. The van der Waals surface area contributed by atoms with Crippen molar-refractivity contribution < 1.29 is 9.47 Å². The van der Waals surface area contributed by atoms with E-state index in [1.54, 1.807) is 0 Å². The molecule has 3 aromatic carbocycles. The summed E-state index contributed by atoms with van der Waals surface area (Å²) in [5.74, 6) is 1.68. The molecule has 27 heavy (non-hydrogen) atoms. The zero-order valence-electron chi connectivity index (χ0n) is 16.0. The number of hydrogen-bond donors (Lipinski definition) is 1. The zero-order chi connectivity index (χ0) is 19.1. The van der Waals surface area contributed by atoms with E-state index in [9.17, 15) is 0 Å². The Bertz CT molecular complexity index is 825. The fraction of sp³-hybridized carbons (Fsp3) is 0.250. The van der Waals surface area contributed by atoms with Gasteiger partial charge in [-0.25, -0.2) is 0 Å². The van der Waals surface area contributed by atoms with E-state index in [-0.39, 0.29) is 5.41 Å². The molecule has 2 N–H and O–H groups in total. The largest absolute Gasteiger partial charge is 0.490 e. The summed E-state index contributed by atoms with van der Waals surface area (Å²) >= 11 is 0. The van der Waals surface area contributed by atoms with Crippen LogP contribution in [0, 0.1) is 0 Å². The number of nitrogens with two attached hydrogens (primary N) is 1. The van der Waals surface area contributed by atoms with Gasteiger partial charge >= 0.3 is 0 Å². The molecule has 0 heterocycles. The highest BCUT2D eigenvalue weighted by Gasteiger charge is 2.22. The van der Waals surface area contributed by atoms with Crippen LogP contribution in [0.15, 0.2) is 78.9 Å². The molecule has 0 bridgehead atoms. The Hall–Kier alpha value is -2.78. The highest BCUT2D eigenvalue weighted by molar-refractivity contribution is 5.39. The van der Waals surface area contributed by atoms with E-state index < -0.39 is 0 Å². The third kappa shape index (κ3) is 4.89. The SMILES string of the molecule is CC(C)(c1ccccc1)c1ccc(OCCOc2ccc(CN)cc2)cc1. The van der Waals surface area contributed by atoms with Crippen LogP contribution >= 0.6 is 0 Å². The lowest BCUT2D eigenvalue weighted by molar-refractivity contribution is 0.217. The predicted molar refractivity (Wildman–Crippen MR) is 110 cm³/mol. The second kappa shape index (κ2) is 8.74. The molecule has 0 radical (unpaired) electrons. The molecule has 0 atom stereocenters. The second-order valence-electron chi connectivity index (χ2n) is 7.06. The topological polar surface area (TPSA) is 44.5 Å². The normalized spacial score (nSPS) is 11.2. The van der Waals surface area contributed by atoms with Gasteiger partial charge in [0.15, 0.2) is 0 Å². The van der Waals surface area contributed by atoms with Crippen LogP contribution in [0.4, 0.5) is 0 Å². The molecular weight excluding hydrogens is 334 g/mol. The van der Waals surface area contributed by atoms with E-state index in [1.165, 1.54) is 11.1 Å². The average molecular weight is 361 g/mol. The summed E-state index contributed by atoms with van der Waals surface area (Å²) in [7, 11) is 0. The van der Waals surface area contributed by atoms with Crippen LogP contribution in [0.3, 0.4) is 0 Å². The Labute approximate surface area is 161 Å².